The van der Waals surface area contributed by atoms with Gasteiger partial charge in [0.2, 0.25) is 0 Å². The number of hydrogen-bond acceptors (Lipinski definition) is 6. The highest BCUT2D eigenvalue weighted by Gasteiger charge is 2.19. The summed E-state index contributed by atoms with van der Waals surface area (Å²) in [7, 11) is 0. The Morgan fingerprint density at radius 1 is 0.294 bits per heavy atom. The lowest BCUT2D eigenvalue weighted by molar-refractivity contribution is -0.167. The van der Waals surface area contributed by atoms with E-state index in [1.807, 2.05) is 0 Å². The van der Waals surface area contributed by atoms with Crippen molar-refractivity contribution in [2.75, 3.05) is 13.2 Å². The van der Waals surface area contributed by atoms with Crippen molar-refractivity contribution in [2.24, 2.45) is 0 Å². The monoisotopic (exact) mass is 957 g/mol. The van der Waals surface area contributed by atoms with Crippen LogP contribution in [0.3, 0.4) is 0 Å². The summed E-state index contributed by atoms with van der Waals surface area (Å²) in [4.78, 5) is 38.0. The zero-order valence-electron chi connectivity index (χ0n) is 45.9. The Labute approximate surface area is 423 Å². The third-order valence-electron chi connectivity index (χ3n) is 13.7. The van der Waals surface area contributed by atoms with E-state index in [9.17, 15) is 14.4 Å². The molecule has 0 heterocycles. The molecule has 6 heteroatoms. The van der Waals surface area contributed by atoms with Crippen molar-refractivity contribution in [1.82, 2.24) is 0 Å². The number of esters is 3. The van der Waals surface area contributed by atoms with Gasteiger partial charge in [0.05, 0.1) is 0 Å². The standard InChI is InChI=1S/C62H116O6/c1-4-7-10-13-16-18-20-22-24-26-27-28-29-30-31-32-33-34-35-36-38-39-41-43-46-49-52-55-61(64)67-58-59(57-66-60(63)54-51-48-45-15-12-9-6-3)68-62(65)56-53-50-47-44-42-40-37-25-23-21-19-17-14-11-8-5-2/h20,22,26-27,59H,4-19,21,23-25,28-58H2,1-3H3/b22-20-,27-26-. The molecule has 0 aliphatic rings. The predicted molar refractivity (Wildman–Crippen MR) is 293 cm³/mol. The van der Waals surface area contributed by atoms with E-state index in [2.05, 4.69) is 45.1 Å². The van der Waals surface area contributed by atoms with Crippen molar-refractivity contribution >= 4 is 17.9 Å². The summed E-state index contributed by atoms with van der Waals surface area (Å²) >= 11 is 0. The molecule has 68 heavy (non-hydrogen) atoms. The Kier molecular flexibility index (Phi) is 55.7. The lowest BCUT2D eigenvalue weighted by Gasteiger charge is -2.18. The molecule has 1 unspecified atom stereocenters. The van der Waals surface area contributed by atoms with Crippen molar-refractivity contribution in [1.29, 1.82) is 0 Å². The molecule has 0 bridgehead atoms. The van der Waals surface area contributed by atoms with Crippen LogP contribution in [0.25, 0.3) is 0 Å². The lowest BCUT2D eigenvalue weighted by atomic mass is 10.0. The van der Waals surface area contributed by atoms with Crippen LogP contribution < -0.4 is 0 Å². The summed E-state index contributed by atoms with van der Waals surface area (Å²) in [6.45, 7) is 6.64. The van der Waals surface area contributed by atoms with Gasteiger partial charge in [-0.2, -0.15) is 0 Å². The van der Waals surface area contributed by atoms with Crippen LogP contribution in [0.1, 0.15) is 335 Å². The minimum atomic E-state index is -0.763. The lowest BCUT2D eigenvalue weighted by Crippen LogP contribution is -2.30. The van der Waals surface area contributed by atoms with E-state index in [1.165, 1.54) is 231 Å². The first kappa shape index (κ1) is 65.9. The molecule has 0 aliphatic heterocycles. The zero-order chi connectivity index (χ0) is 49.3. The van der Waals surface area contributed by atoms with Crippen LogP contribution in [0, 0.1) is 0 Å². The van der Waals surface area contributed by atoms with Gasteiger partial charge in [0, 0.05) is 19.3 Å². The predicted octanol–water partition coefficient (Wildman–Crippen LogP) is 20.3. The quantitative estimate of drug-likeness (QED) is 0.0262. The molecule has 0 aromatic heterocycles. The van der Waals surface area contributed by atoms with Crippen molar-refractivity contribution in [2.45, 2.75) is 341 Å². The van der Waals surface area contributed by atoms with Gasteiger partial charge in [0.1, 0.15) is 13.2 Å². The Hall–Kier alpha value is -2.11. The SMILES string of the molecule is CCCCCCC/C=C\C/C=C\CCCCCCCCCCCCCCCCCC(=O)OCC(COC(=O)CCCCCCCCC)OC(=O)CCCCCCCCCCCCCCCCCC. The molecule has 0 aliphatic carbocycles. The van der Waals surface area contributed by atoms with E-state index in [1.54, 1.807) is 0 Å². The highest BCUT2D eigenvalue weighted by molar-refractivity contribution is 5.71. The Balaban J connectivity index is 4.06. The molecule has 0 aromatic carbocycles. The molecule has 1 atom stereocenters. The Bertz CT molecular complexity index is 1100. The minimum Gasteiger partial charge on any atom is -0.462 e. The van der Waals surface area contributed by atoms with E-state index in [0.29, 0.717) is 19.3 Å². The Morgan fingerprint density at radius 3 is 0.809 bits per heavy atom. The fourth-order valence-electron chi connectivity index (χ4n) is 9.12. The number of ether oxygens (including phenoxy) is 3. The third-order valence-corrected chi connectivity index (χ3v) is 13.7. The largest absolute Gasteiger partial charge is 0.462 e. The van der Waals surface area contributed by atoms with Gasteiger partial charge in [-0.15, -0.1) is 0 Å². The van der Waals surface area contributed by atoms with Gasteiger partial charge in [0.25, 0.3) is 0 Å². The fraction of sp³-hybridized carbons (Fsp3) is 0.887. The van der Waals surface area contributed by atoms with Crippen LogP contribution in [0.2, 0.25) is 0 Å². The second kappa shape index (κ2) is 57.5. The highest BCUT2D eigenvalue weighted by atomic mass is 16.6. The van der Waals surface area contributed by atoms with Crippen molar-refractivity contribution in [3.05, 3.63) is 24.3 Å². The topological polar surface area (TPSA) is 78.9 Å². The molecule has 0 aromatic rings. The number of unbranched alkanes of at least 4 members (excludes halogenated alkanes) is 41. The van der Waals surface area contributed by atoms with Crippen molar-refractivity contribution in [3.63, 3.8) is 0 Å². The summed E-state index contributed by atoms with van der Waals surface area (Å²) in [5.41, 5.74) is 0. The van der Waals surface area contributed by atoms with Gasteiger partial charge in [0.15, 0.2) is 6.10 Å². The van der Waals surface area contributed by atoms with Gasteiger partial charge < -0.3 is 14.2 Å². The molecular formula is C62H116O6. The summed E-state index contributed by atoms with van der Waals surface area (Å²) in [6, 6.07) is 0. The van der Waals surface area contributed by atoms with E-state index in [-0.39, 0.29) is 31.1 Å². The molecular weight excluding hydrogens is 841 g/mol. The smallest absolute Gasteiger partial charge is 0.306 e. The number of rotatable bonds is 56. The molecule has 0 rings (SSSR count). The minimum absolute atomic E-state index is 0.0656. The highest BCUT2D eigenvalue weighted by Crippen LogP contribution is 2.17. The average Bonchev–Trinajstić information content (AvgIpc) is 3.34. The molecule has 0 saturated carbocycles. The van der Waals surface area contributed by atoms with E-state index in [4.69, 9.17) is 14.2 Å². The van der Waals surface area contributed by atoms with Crippen LogP contribution in [-0.2, 0) is 28.6 Å². The number of carbonyl (C=O) groups is 3. The average molecular weight is 958 g/mol. The van der Waals surface area contributed by atoms with E-state index in [0.717, 1.165) is 64.2 Å². The second-order valence-corrected chi connectivity index (χ2v) is 20.6. The van der Waals surface area contributed by atoms with Crippen molar-refractivity contribution in [3.8, 4) is 0 Å². The number of hydrogen-bond donors (Lipinski definition) is 0. The maximum atomic E-state index is 12.8. The summed E-state index contributed by atoms with van der Waals surface area (Å²) in [5, 5.41) is 0. The normalized spacial score (nSPS) is 12.1. The van der Waals surface area contributed by atoms with E-state index < -0.39 is 6.10 Å². The van der Waals surface area contributed by atoms with Gasteiger partial charge in [-0.05, 0) is 51.4 Å². The van der Waals surface area contributed by atoms with Gasteiger partial charge in [-0.25, -0.2) is 0 Å². The second-order valence-electron chi connectivity index (χ2n) is 20.6. The summed E-state index contributed by atoms with van der Waals surface area (Å²) < 4.78 is 16.8. The van der Waals surface area contributed by atoms with Gasteiger partial charge in [-0.1, -0.05) is 289 Å². The molecule has 0 amide bonds. The molecule has 0 spiro atoms. The van der Waals surface area contributed by atoms with Crippen LogP contribution >= 0.6 is 0 Å². The molecule has 0 fully saturated rings. The van der Waals surface area contributed by atoms with Gasteiger partial charge >= 0.3 is 17.9 Å². The molecule has 0 N–H and O–H groups in total. The number of allylic oxidation sites excluding steroid dienone is 4. The van der Waals surface area contributed by atoms with Crippen LogP contribution in [0.15, 0.2) is 24.3 Å². The van der Waals surface area contributed by atoms with Crippen LogP contribution in [0.5, 0.6) is 0 Å². The first-order valence-electron chi connectivity index (χ1n) is 30.3. The van der Waals surface area contributed by atoms with E-state index >= 15 is 0 Å². The van der Waals surface area contributed by atoms with Crippen molar-refractivity contribution < 1.29 is 28.6 Å². The molecule has 6 nitrogen and oxygen atoms in total. The summed E-state index contributed by atoms with van der Waals surface area (Å²) in [5.74, 6) is -0.851. The fourth-order valence-corrected chi connectivity index (χ4v) is 9.12. The Morgan fingerprint density at radius 2 is 0.529 bits per heavy atom. The summed E-state index contributed by atoms with van der Waals surface area (Å²) in [6.07, 6.45) is 67.8. The maximum absolute atomic E-state index is 12.8. The molecule has 0 radical (unpaired) electrons. The molecule has 400 valence electrons. The third kappa shape index (κ3) is 54.8. The van der Waals surface area contributed by atoms with Crippen LogP contribution in [0.4, 0.5) is 0 Å². The van der Waals surface area contributed by atoms with Gasteiger partial charge in [-0.3, -0.25) is 14.4 Å². The first-order valence-corrected chi connectivity index (χ1v) is 30.3. The number of carbonyl (C=O) groups excluding carboxylic acids is 3. The first-order chi connectivity index (χ1) is 33.5. The van der Waals surface area contributed by atoms with Crippen LogP contribution in [-0.4, -0.2) is 37.2 Å². The molecule has 0 saturated heterocycles. The maximum Gasteiger partial charge on any atom is 0.306 e. The zero-order valence-corrected chi connectivity index (χ0v) is 45.9.